The van der Waals surface area contributed by atoms with Crippen molar-refractivity contribution in [1.29, 1.82) is 0 Å². The number of H-pyrrole nitrogens is 1. The number of aromatic amines is 1. The van der Waals surface area contributed by atoms with Crippen molar-refractivity contribution < 1.29 is 23.1 Å². The van der Waals surface area contributed by atoms with Gasteiger partial charge in [0.1, 0.15) is 17.3 Å². The van der Waals surface area contributed by atoms with E-state index < -0.39 is 29.3 Å². The number of hydrogen-bond acceptors (Lipinski definition) is 3. The molecule has 168 valence electrons. The fraction of sp³-hybridized carbons (Fsp3) is 0.333. The largest absolute Gasteiger partial charge is 0.478 e. The standard InChI is InChI=1S/C24H24F3N3O2/c1-13-8-16-15(5-6-20-17(16)11-28-29-20)23(30(13)12-24(2,3)27)22-18(25)9-14(10-19(22)26)4-7-21(31)32/h4-7,9-11,13,23H,8,12H2,1-3H3,(H,28,29)(H,31,32)/b7-4+/t13-,23+/m0/s1. The topological polar surface area (TPSA) is 69.2 Å². The quantitative estimate of drug-likeness (QED) is 0.543. The second kappa shape index (κ2) is 8.09. The zero-order valence-electron chi connectivity index (χ0n) is 18.0. The minimum absolute atomic E-state index is 0.0127. The van der Waals surface area contributed by atoms with Crippen molar-refractivity contribution in [1.82, 2.24) is 15.1 Å². The molecule has 0 bridgehead atoms. The molecule has 2 N–H and O–H groups in total. The van der Waals surface area contributed by atoms with Gasteiger partial charge in [0.2, 0.25) is 0 Å². The smallest absolute Gasteiger partial charge is 0.328 e. The molecule has 0 unspecified atom stereocenters. The molecule has 0 amide bonds. The third-order valence-corrected chi connectivity index (χ3v) is 5.82. The van der Waals surface area contributed by atoms with Gasteiger partial charge >= 0.3 is 5.97 Å². The summed E-state index contributed by atoms with van der Waals surface area (Å²) in [5.41, 5.74) is 0.781. The lowest BCUT2D eigenvalue weighted by Crippen LogP contribution is -2.48. The molecule has 32 heavy (non-hydrogen) atoms. The number of halogens is 3. The van der Waals surface area contributed by atoms with E-state index in [9.17, 15) is 9.18 Å². The molecule has 2 aromatic carbocycles. The number of hydrogen-bond donors (Lipinski definition) is 2. The Morgan fingerprint density at radius 3 is 2.62 bits per heavy atom. The van der Waals surface area contributed by atoms with Crippen LogP contribution in [0.5, 0.6) is 0 Å². The Bertz CT molecular complexity index is 1190. The number of nitrogens with zero attached hydrogens (tertiary/aromatic N) is 2. The van der Waals surface area contributed by atoms with Gasteiger partial charge in [0.15, 0.2) is 0 Å². The molecule has 3 aromatic rings. The van der Waals surface area contributed by atoms with Crippen LogP contribution in [0.2, 0.25) is 0 Å². The molecule has 5 nitrogen and oxygen atoms in total. The Morgan fingerprint density at radius 2 is 2.00 bits per heavy atom. The van der Waals surface area contributed by atoms with E-state index in [0.717, 1.165) is 40.8 Å². The molecule has 0 radical (unpaired) electrons. The van der Waals surface area contributed by atoms with E-state index in [1.807, 2.05) is 19.1 Å². The summed E-state index contributed by atoms with van der Waals surface area (Å²) in [5.74, 6) is -2.84. The zero-order valence-corrected chi connectivity index (χ0v) is 18.0. The molecular formula is C24H24F3N3O2. The summed E-state index contributed by atoms with van der Waals surface area (Å²) in [6.07, 6.45) is 4.23. The van der Waals surface area contributed by atoms with Gasteiger partial charge in [-0.25, -0.2) is 18.0 Å². The molecule has 2 atom stereocenters. The Labute approximate surface area is 183 Å². The maximum Gasteiger partial charge on any atom is 0.328 e. The lowest BCUT2D eigenvalue weighted by Gasteiger charge is -2.44. The van der Waals surface area contributed by atoms with Gasteiger partial charge in [-0.05, 0) is 68.2 Å². The maximum atomic E-state index is 15.3. The molecule has 1 aromatic heterocycles. The number of alkyl halides is 1. The summed E-state index contributed by atoms with van der Waals surface area (Å²) in [4.78, 5) is 12.6. The SMILES string of the molecule is C[C@H]1Cc2c(ccc3[nH]ncc23)[C@H](c2c(F)cc(/C=C/C(=O)O)cc2F)N1CC(C)(C)F. The van der Waals surface area contributed by atoms with Crippen molar-refractivity contribution in [2.24, 2.45) is 0 Å². The minimum atomic E-state index is -1.58. The lowest BCUT2D eigenvalue weighted by atomic mass is 9.82. The fourth-order valence-electron chi connectivity index (χ4n) is 4.55. The van der Waals surface area contributed by atoms with E-state index in [2.05, 4.69) is 10.2 Å². The summed E-state index contributed by atoms with van der Waals surface area (Å²) in [6.45, 7) is 4.79. The summed E-state index contributed by atoms with van der Waals surface area (Å²) in [7, 11) is 0. The van der Waals surface area contributed by atoms with Crippen LogP contribution in [0.25, 0.3) is 17.0 Å². The van der Waals surface area contributed by atoms with E-state index in [1.54, 1.807) is 11.1 Å². The predicted octanol–water partition coefficient (Wildman–Crippen LogP) is 5.02. The summed E-state index contributed by atoms with van der Waals surface area (Å²) in [5, 5.41) is 16.7. The lowest BCUT2D eigenvalue weighted by molar-refractivity contribution is -0.131. The molecule has 0 saturated heterocycles. The molecule has 0 saturated carbocycles. The van der Waals surface area contributed by atoms with Gasteiger partial charge in [-0.15, -0.1) is 0 Å². The number of aromatic nitrogens is 2. The molecule has 0 aliphatic carbocycles. The second-order valence-electron chi connectivity index (χ2n) is 8.88. The number of carboxylic acids is 1. The Balaban J connectivity index is 1.91. The average molecular weight is 443 g/mol. The van der Waals surface area contributed by atoms with Gasteiger partial charge in [-0.3, -0.25) is 10.00 Å². The first-order valence-electron chi connectivity index (χ1n) is 10.3. The van der Waals surface area contributed by atoms with Gasteiger partial charge in [-0.1, -0.05) is 6.07 Å². The third kappa shape index (κ3) is 4.14. The highest BCUT2D eigenvalue weighted by molar-refractivity contribution is 5.85. The van der Waals surface area contributed by atoms with Gasteiger partial charge in [-0.2, -0.15) is 5.10 Å². The van der Waals surface area contributed by atoms with Crippen LogP contribution in [0.3, 0.4) is 0 Å². The van der Waals surface area contributed by atoms with Crippen LogP contribution < -0.4 is 0 Å². The first-order chi connectivity index (χ1) is 15.0. The summed E-state index contributed by atoms with van der Waals surface area (Å²) >= 11 is 0. The molecule has 4 rings (SSSR count). The molecule has 1 aliphatic rings. The second-order valence-corrected chi connectivity index (χ2v) is 8.88. The number of aliphatic carboxylic acids is 1. The minimum Gasteiger partial charge on any atom is -0.478 e. The first-order valence-corrected chi connectivity index (χ1v) is 10.3. The highest BCUT2D eigenvalue weighted by atomic mass is 19.1. The maximum absolute atomic E-state index is 15.3. The monoisotopic (exact) mass is 443 g/mol. The van der Waals surface area contributed by atoms with E-state index in [0.29, 0.717) is 12.0 Å². The van der Waals surface area contributed by atoms with E-state index in [1.165, 1.54) is 13.8 Å². The fourth-order valence-corrected chi connectivity index (χ4v) is 4.55. The molecule has 0 fully saturated rings. The molecule has 0 spiro atoms. The van der Waals surface area contributed by atoms with Gasteiger partial charge in [0, 0.05) is 29.6 Å². The van der Waals surface area contributed by atoms with E-state index >= 15 is 8.78 Å². The zero-order chi connectivity index (χ0) is 23.2. The van der Waals surface area contributed by atoms with Gasteiger partial charge in [0.25, 0.3) is 0 Å². The molecule has 1 aliphatic heterocycles. The van der Waals surface area contributed by atoms with Crippen molar-refractivity contribution in [2.75, 3.05) is 6.54 Å². The molecular weight excluding hydrogens is 419 g/mol. The third-order valence-electron chi connectivity index (χ3n) is 5.82. The average Bonchev–Trinajstić information content (AvgIpc) is 3.16. The Hall–Kier alpha value is -3.13. The number of rotatable bonds is 5. The van der Waals surface area contributed by atoms with Gasteiger partial charge < -0.3 is 5.11 Å². The van der Waals surface area contributed by atoms with Crippen LogP contribution in [0.15, 0.2) is 36.5 Å². The Kier molecular flexibility index (Phi) is 5.58. The van der Waals surface area contributed by atoms with Crippen LogP contribution in [-0.2, 0) is 11.2 Å². The summed E-state index contributed by atoms with van der Waals surface area (Å²) in [6, 6.07) is 4.79. The van der Waals surface area contributed by atoms with Crippen molar-refractivity contribution in [3.8, 4) is 0 Å². The number of fused-ring (bicyclic) bond motifs is 3. The summed E-state index contributed by atoms with van der Waals surface area (Å²) < 4.78 is 45.4. The van der Waals surface area contributed by atoms with Crippen LogP contribution in [0.4, 0.5) is 13.2 Å². The van der Waals surface area contributed by atoms with E-state index in [4.69, 9.17) is 5.11 Å². The number of carboxylic acid groups (broad SMARTS) is 1. The van der Waals surface area contributed by atoms with Crippen LogP contribution in [-0.4, -0.2) is 44.4 Å². The van der Waals surface area contributed by atoms with Gasteiger partial charge in [0.05, 0.1) is 17.8 Å². The van der Waals surface area contributed by atoms with Crippen LogP contribution in [0, 0.1) is 11.6 Å². The molecule has 2 heterocycles. The number of benzene rings is 2. The van der Waals surface area contributed by atoms with Crippen molar-refractivity contribution in [3.63, 3.8) is 0 Å². The van der Waals surface area contributed by atoms with Crippen molar-refractivity contribution in [3.05, 3.63) is 70.4 Å². The Morgan fingerprint density at radius 1 is 1.31 bits per heavy atom. The number of nitrogens with one attached hydrogen (secondary N) is 1. The van der Waals surface area contributed by atoms with Crippen LogP contribution in [0.1, 0.15) is 49.1 Å². The van der Waals surface area contributed by atoms with E-state index in [-0.39, 0.29) is 23.7 Å². The highest BCUT2D eigenvalue weighted by Gasteiger charge is 2.39. The van der Waals surface area contributed by atoms with Crippen LogP contribution >= 0.6 is 0 Å². The van der Waals surface area contributed by atoms with Crippen molar-refractivity contribution >= 4 is 22.9 Å². The highest BCUT2D eigenvalue weighted by Crippen LogP contribution is 2.43. The number of carbonyl (C=O) groups is 1. The van der Waals surface area contributed by atoms with Crippen molar-refractivity contribution in [2.45, 2.75) is 44.9 Å². The molecule has 8 heteroatoms. The normalized spacial score (nSPS) is 19.6. The first kappa shape index (κ1) is 22.1. The predicted molar refractivity (Wildman–Crippen MR) is 116 cm³/mol.